The fourth-order valence-corrected chi connectivity index (χ4v) is 4.69. The number of nitrogens with zero attached hydrogens (tertiary/aromatic N) is 2. The topological polar surface area (TPSA) is 105 Å². The zero-order valence-corrected chi connectivity index (χ0v) is 18.7. The van der Waals surface area contributed by atoms with Gasteiger partial charge in [0, 0.05) is 31.7 Å². The van der Waals surface area contributed by atoms with Crippen LogP contribution in [-0.2, 0) is 11.3 Å². The number of ether oxygens (including phenoxy) is 2. The van der Waals surface area contributed by atoms with E-state index in [1.54, 1.807) is 12.0 Å². The molecule has 1 fully saturated rings. The molecule has 176 valence electrons. The highest BCUT2D eigenvalue weighted by Gasteiger charge is 2.41. The second-order valence-corrected chi connectivity index (χ2v) is 8.46. The molecule has 1 unspecified atom stereocenters. The first-order chi connectivity index (χ1) is 15.9. The van der Waals surface area contributed by atoms with Gasteiger partial charge in [0.15, 0.2) is 17.3 Å². The van der Waals surface area contributed by atoms with Crippen molar-refractivity contribution in [2.24, 2.45) is 17.6 Å². The van der Waals surface area contributed by atoms with Gasteiger partial charge < -0.3 is 30.1 Å². The molecule has 0 aromatic heterocycles. The molecule has 3 N–H and O–H groups in total. The maximum atomic E-state index is 15.4. The molecule has 2 atom stereocenters. The first-order valence-electron chi connectivity index (χ1n) is 10.9. The van der Waals surface area contributed by atoms with Crippen LogP contribution in [0.2, 0.25) is 0 Å². The van der Waals surface area contributed by atoms with E-state index in [0.717, 1.165) is 18.1 Å². The highest BCUT2D eigenvalue weighted by Crippen LogP contribution is 2.47. The third-order valence-corrected chi connectivity index (χ3v) is 6.45. The predicted octanol–water partition coefficient (Wildman–Crippen LogP) is 2.53. The molecule has 2 heterocycles. The molecule has 8 nitrogen and oxygen atoms in total. The Balaban J connectivity index is 1.81. The summed E-state index contributed by atoms with van der Waals surface area (Å²) in [7, 11) is 3.02. The number of carbonyl (C=O) groups excluding carboxylic acids is 1. The van der Waals surface area contributed by atoms with E-state index in [4.69, 9.17) is 15.2 Å². The number of anilines is 2. The van der Waals surface area contributed by atoms with Gasteiger partial charge in [0.05, 0.1) is 19.9 Å². The van der Waals surface area contributed by atoms with Crippen LogP contribution in [0.3, 0.4) is 0 Å². The van der Waals surface area contributed by atoms with E-state index in [2.05, 4.69) is 0 Å². The monoisotopic (exact) mass is 457 g/mol. The van der Waals surface area contributed by atoms with Crippen LogP contribution in [-0.4, -0.2) is 57.3 Å². The lowest BCUT2D eigenvalue weighted by molar-refractivity contribution is -0.139. The van der Waals surface area contributed by atoms with Gasteiger partial charge in [-0.2, -0.15) is 0 Å². The van der Waals surface area contributed by atoms with Crippen molar-refractivity contribution in [2.45, 2.75) is 13.0 Å². The van der Waals surface area contributed by atoms with Gasteiger partial charge in [-0.05, 0) is 42.6 Å². The summed E-state index contributed by atoms with van der Waals surface area (Å²) >= 11 is 0. The molecule has 2 aliphatic rings. The van der Waals surface area contributed by atoms with Crippen LogP contribution in [0.15, 0.2) is 30.3 Å². The fraction of sp³-hybridized carbons (Fsp3) is 0.417. The molecule has 1 saturated heterocycles. The van der Waals surface area contributed by atoms with Gasteiger partial charge in [0.1, 0.15) is 17.4 Å². The first kappa shape index (κ1) is 22.8. The van der Waals surface area contributed by atoms with Crippen molar-refractivity contribution in [3.05, 3.63) is 47.3 Å². The highest BCUT2D eigenvalue weighted by molar-refractivity contribution is 6.14. The fourth-order valence-electron chi connectivity index (χ4n) is 4.69. The third-order valence-electron chi connectivity index (χ3n) is 6.45. The van der Waals surface area contributed by atoms with Crippen LogP contribution in [0.5, 0.6) is 11.5 Å². The molecule has 2 aromatic rings. The van der Waals surface area contributed by atoms with E-state index in [1.165, 1.54) is 7.11 Å². The van der Waals surface area contributed by atoms with Crippen LogP contribution in [0, 0.1) is 17.7 Å². The van der Waals surface area contributed by atoms with Crippen LogP contribution in [0.4, 0.5) is 15.8 Å². The van der Waals surface area contributed by atoms with Crippen molar-refractivity contribution in [3.8, 4) is 11.5 Å². The molecule has 2 aromatic carbocycles. The van der Waals surface area contributed by atoms with Crippen molar-refractivity contribution >= 4 is 23.1 Å². The molecule has 0 aliphatic carbocycles. The number of Topliss-reactive ketones (excluding diaryl/α,β-unsaturated/α-hetero) is 1. The van der Waals surface area contributed by atoms with E-state index in [1.807, 2.05) is 29.2 Å². The number of benzene rings is 2. The minimum Gasteiger partial charge on any atom is -0.497 e. The SMILES string of the molecule is COc1ccc(CN2CC(C(=O)O)C(=O)c3cc(F)c(N4CC[C@@H](CN)C4)c(OC)c32)cc1. The number of halogens is 1. The van der Waals surface area contributed by atoms with Crippen molar-refractivity contribution < 1.29 is 28.6 Å². The van der Waals surface area contributed by atoms with Crippen molar-refractivity contribution in [1.82, 2.24) is 0 Å². The first-order valence-corrected chi connectivity index (χ1v) is 10.9. The summed E-state index contributed by atoms with van der Waals surface area (Å²) in [6.45, 7) is 2.00. The average Bonchev–Trinajstić information content (AvgIpc) is 3.29. The number of hydrogen-bond donors (Lipinski definition) is 2. The Morgan fingerprint density at radius 2 is 1.91 bits per heavy atom. The van der Waals surface area contributed by atoms with E-state index < -0.39 is 23.5 Å². The normalized spacial score (nSPS) is 20.1. The highest BCUT2D eigenvalue weighted by atomic mass is 19.1. The maximum absolute atomic E-state index is 15.4. The summed E-state index contributed by atoms with van der Waals surface area (Å²) in [5.41, 5.74) is 7.43. The Morgan fingerprint density at radius 3 is 2.48 bits per heavy atom. The molecule has 0 spiro atoms. The Labute approximate surface area is 191 Å². The van der Waals surface area contributed by atoms with E-state index >= 15 is 4.39 Å². The molecular weight excluding hydrogens is 429 g/mol. The summed E-state index contributed by atoms with van der Waals surface area (Å²) in [6, 6.07) is 8.51. The van der Waals surface area contributed by atoms with E-state index in [-0.39, 0.29) is 29.5 Å². The Bertz CT molecular complexity index is 1060. The summed E-state index contributed by atoms with van der Waals surface area (Å²) in [5, 5.41) is 9.66. The number of hydrogen-bond acceptors (Lipinski definition) is 7. The lowest BCUT2D eigenvalue weighted by Crippen LogP contribution is -2.43. The smallest absolute Gasteiger partial charge is 0.316 e. The molecule has 2 aliphatic heterocycles. The predicted molar refractivity (Wildman–Crippen MR) is 122 cm³/mol. The summed E-state index contributed by atoms with van der Waals surface area (Å²) in [5.74, 6) is -2.56. The maximum Gasteiger partial charge on any atom is 0.316 e. The molecule has 9 heteroatoms. The zero-order valence-electron chi connectivity index (χ0n) is 18.7. The molecule has 0 radical (unpaired) electrons. The largest absolute Gasteiger partial charge is 0.497 e. The van der Waals surface area contributed by atoms with Crippen LogP contribution < -0.4 is 25.0 Å². The average molecular weight is 458 g/mol. The number of carboxylic acid groups (broad SMARTS) is 1. The summed E-state index contributed by atoms with van der Waals surface area (Å²) < 4.78 is 26.2. The van der Waals surface area contributed by atoms with E-state index in [0.29, 0.717) is 37.6 Å². The van der Waals surface area contributed by atoms with Gasteiger partial charge in [-0.25, -0.2) is 4.39 Å². The summed E-state index contributed by atoms with van der Waals surface area (Å²) in [4.78, 5) is 28.5. The van der Waals surface area contributed by atoms with Gasteiger partial charge in [-0.3, -0.25) is 9.59 Å². The van der Waals surface area contributed by atoms with Gasteiger partial charge in [-0.1, -0.05) is 12.1 Å². The van der Waals surface area contributed by atoms with Crippen molar-refractivity contribution in [3.63, 3.8) is 0 Å². The van der Waals surface area contributed by atoms with Gasteiger partial charge >= 0.3 is 5.97 Å². The van der Waals surface area contributed by atoms with Crippen molar-refractivity contribution in [1.29, 1.82) is 0 Å². The van der Waals surface area contributed by atoms with Gasteiger partial charge in [0.2, 0.25) is 0 Å². The minimum atomic E-state index is -1.29. The Morgan fingerprint density at radius 1 is 1.18 bits per heavy atom. The van der Waals surface area contributed by atoms with E-state index in [9.17, 15) is 14.7 Å². The molecule has 4 rings (SSSR count). The second kappa shape index (κ2) is 9.27. The number of rotatable bonds is 7. The lowest BCUT2D eigenvalue weighted by atomic mass is 9.89. The second-order valence-electron chi connectivity index (χ2n) is 8.46. The molecule has 0 saturated carbocycles. The van der Waals surface area contributed by atoms with Crippen LogP contribution in [0.25, 0.3) is 0 Å². The Kier molecular flexibility index (Phi) is 6.42. The number of nitrogens with two attached hydrogens (primary N) is 1. The number of carboxylic acids is 1. The lowest BCUT2D eigenvalue weighted by Gasteiger charge is -2.36. The number of fused-ring (bicyclic) bond motifs is 1. The van der Waals surface area contributed by atoms with Crippen molar-refractivity contribution in [2.75, 3.05) is 50.2 Å². The van der Waals surface area contributed by atoms with Gasteiger partial charge in [-0.15, -0.1) is 0 Å². The quantitative estimate of drug-likeness (QED) is 0.611. The number of carbonyl (C=O) groups is 2. The van der Waals surface area contributed by atoms with Gasteiger partial charge in [0.25, 0.3) is 0 Å². The summed E-state index contributed by atoms with van der Waals surface area (Å²) in [6.07, 6.45) is 0.839. The molecule has 0 bridgehead atoms. The van der Waals surface area contributed by atoms with Crippen LogP contribution in [0.1, 0.15) is 22.3 Å². The number of aliphatic carboxylic acids is 1. The zero-order chi connectivity index (χ0) is 23.7. The number of methoxy groups -OCH3 is 2. The standard InChI is InChI=1S/C24H28FN3O5/c1-32-16-5-3-14(4-6-16)11-28-13-18(24(30)31)22(29)17-9-19(25)21(23(33-2)20(17)28)27-8-7-15(10-26)12-27/h3-6,9,15,18H,7-8,10-13,26H2,1-2H3,(H,30,31)/t15-,18?/m0/s1. The number of ketones is 1. The van der Waals surface area contributed by atoms with Crippen LogP contribution >= 0.6 is 0 Å². The minimum absolute atomic E-state index is 0.0230. The third kappa shape index (κ3) is 4.20. The molecule has 33 heavy (non-hydrogen) atoms. The molecule has 0 amide bonds. The Hall–Kier alpha value is -3.33. The molecular formula is C24H28FN3O5.